The maximum Gasteiger partial charge on any atom is 0.407 e. The molecule has 1 atom stereocenters. The first-order valence-electron chi connectivity index (χ1n) is 10.8. The molecular formula is C26H23BrN2O6. The molecule has 180 valence electrons. The van der Waals surface area contributed by atoms with Crippen LogP contribution in [0.15, 0.2) is 71.2 Å². The van der Waals surface area contributed by atoms with Crippen LogP contribution in [0.4, 0.5) is 10.5 Å². The zero-order valence-electron chi connectivity index (χ0n) is 18.8. The van der Waals surface area contributed by atoms with E-state index in [0.717, 1.165) is 22.3 Å². The fourth-order valence-electron chi connectivity index (χ4n) is 4.11. The van der Waals surface area contributed by atoms with E-state index in [1.54, 1.807) is 0 Å². The summed E-state index contributed by atoms with van der Waals surface area (Å²) in [7, 11) is 1.40. The topological polar surface area (TPSA) is 114 Å². The van der Waals surface area contributed by atoms with E-state index in [4.69, 9.17) is 9.47 Å². The van der Waals surface area contributed by atoms with Gasteiger partial charge in [0.05, 0.1) is 17.9 Å². The lowest BCUT2D eigenvalue weighted by molar-refractivity contribution is -0.119. The minimum atomic E-state index is -1.13. The molecule has 0 spiro atoms. The summed E-state index contributed by atoms with van der Waals surface area (Å²) in [5, 5.41) is 14.4. The van der Waals surface area contributed by atoms with Crippen LogP contribution in [0.1, 0.15) is 27.4 Å². The lowest BCUT2D eigenvalue weighted by Crippen LogP contribution is -2.47. The van der Waals surface area contributed by atoms with Crippen molar-refractivity contribution >= 4 is 39.6 Å². The second kappa shape index (κ2) is 10.7. The van der Waals surface area contributed by atoms with Gasteiger partial charge < -0.3 is 25.2 Å². The number of hydrogen-bond acceptors (Lipinski definition) is 5. The van der Waals surface area contributed by atoms with E-state index in [1.807, 2.05) is 48.5 Å². The summed E-state index contributed by atoms with van der Waals surface area (Å²) in [6.07, 6.45) is -0.762. The number of anilines is 1. The maximum absolute atomic E-state index is 12.8. The van der Waals surface area contributed by atoms with E-state index in [2.05, 4.69) is 26.6 Å². The van der Waals surface area contributed by atoms with E-state index in [9.17, 15) is 19.5 Å². The highest BCUT2D eigenvalue weighted by Gasteiger charge is 2.30. The number of benzene rings is 3. The van der Waals surface area contributed by atoms with Crippen LogP contribution in [0.5, 0.6) is 0 Å². The third-order valence-electron chi connectivity index (χ3n) is 5.76. The predicted molar refractivity (Wildman–Crippen MR) is 134 cm³/mol. The van der Waals surface area contributed by atoms with Crippen molar-refractivity contribution in [2.24, 2.45) is 0 Å². The summed E-state index contributed by atoms with van der Waals surface area (Å²) < 4.78 is 11.1. The van der Waals surface area contributed by atoms with Crippen LogP contribution in [0.3, 0.4) is 0 Å². The summed E-state index contributed by atoms with van der Waals surface area (Å²) >= 11 is 3.29. The Morgan fingerprint density at radius 2 is 1.63 bits per heavy atom. The van der Waals surface area contributed by atoms with Gasteiger partial charge in [-0.25, -0.2) is 9.59 Å². The van der Waals surface area contributed by atoms with Gasteiger partial charge in [0.1, 0.15) is 12.6 Å². The van der Waals surface area contributed by atoms with Crippen molar-refractivity contribution in [3.63, 3.8) is 0 Å². The van der Waals surface area contributed by atoms with Crippen molar-refractivity contribution in [3.05, 3.63) is 87.9 Å². The van der Waals surface area contributed by atoms with Gasteiger partial charge in [0.2, 0.25) is 5.91 Å². The predicted octanol–water partition coefficient (Wildman–Crippen LogP) is 4.64. The standard InChI is InChI=1S/C26H23BrN2O6/c1-34-14-23(24(30)28-22-12-15(25(31)32)10-11-21(22)27)29-26(33)35-13-20-18-8-4-2-6-16(18)17-7-3-5-9-19(17)20/h2-12,20,23H,13-14H2,1H3,(H,28,30)(H,29,33)(H,31,32)/t23-/m0/s1. The van der Waals surface area contributed by atoms with Crippen LogP contribution in [0, 0.1) is 0 Å². The SMILES string of the molecule is COC[C@H](NC(=O)OCC1c2ccccc2-c2ccccc21)C(=O)Nc1cc(C(=O)O)ccc1Br. The third-order valence-corrected chi connectivity index (χ3v) is 6.45. The van der Waals surface area contributed by atoms with Gasteiger partial charge in [-0.3, -0.25) is 4.79 Å². The molecule has 3 N–H and O–H groups in total. The van der Waals surface area contributed by atoms with E-state index in [1.165, 1.54) is 25.3 Å². The summed E-state index contributed by atoms with van der Waals surface area (Å²) in [4.78, 5) is 36.7. The van der Waals surface area contributed by atoms with Gasteiger partial charge in [0.15, 0.2) is 0 Å². The number of carboxylic acids is 1. The molecule has 3 aromatic carbocycles. The smallest absolute Gasteiger partial charge is 0.407 e. The molecule has 1 aliphatic rings. The molecule has 4 rings (SSSR count). The molecule has 0 aromatic heterocycles. The fourth-order valence-corrected chi connectivity index (χ4v) is 4.45. The fraction of sp³-hybridized carbons (Fsp3) is 0.192. The van der Waals surface area contributed by atoms with E-state index in [0.29, 0.717) is 4.47 Å². The van der Waals surface area contributed by atoms with Gasteiger partial charge >= 0.3 is 12.1 Å². The molecule has 1 aliphatic carbocycles. The minimum absolute atomic E-state index is 0.0105. The Morgan fingerprint density at radius 1 is 1.00 bits per heavy atom. The number of carbonyl (C=O) groups excluding carboxylic acids is 2. The van der Waals surface area contributed by atoms with Crippen LogP contribution in [0.2, 0.25) is 0 Å². The van der Waals surface area contributed by atoms with Gasteiger partial charge in [0, 0.05) is 17.5 Å². The average Bonchev–Trinajstić information content (AvgIpc) is 3.17. The molecule has 0 saturated heterocycles. The largest absolute Gasteiger partial charge is 0.478 e. The number of ether oxygens (including phenoxy) is 2. The van der Waals surface area contributed by atoms with Gasteiger partial charge in [-0.05, 0) is 56.4 Å². The molecule has 0 unspecified atom stereocenters. The highest BCUT2D eigenvalue weighted by Crippen LogP contribution is 2.44. The zero-order chi connectivity index (χ0) is 24.9. The summed E-state index contributed by atoms with van der Waals surface area (Å²) in [6.45, 7) is -0.000342. The molecule has 35 heavy (non-hydrogen) atoms. The van der Waals surface area contributed by atoms with Gasteiger partial charge in [-0.2, -0.15) is 0 Å². The van der Waals surface area contributed by atoms with Gasteiger partial charge in [0.25, 0.3) is 0 Å². The highest BCUT2D eigenvalue weighted by atomic mass is 79.9. The van der Waals surface area contributed by atoms with Crippen molar-refractivity contribution < 1.29 is 29.0 Å². The lowest BCUT2D eigenvalue weighted by Gasteiger charge is -2.19. The molecule has 0 aliphatic heterocycles. The molecule has 0 saturated carbocycles. The molecule has 9 heteroatoms. The summed E-state index contributed by atoms with van der Waals surface area (Å²) in [5.74, 6) is -1.82. The number of rotatable bonds is 8. The number of halogens is 1. The Morgan fingerprint density at radius 3 is 2.23 bits per heavy atom. The number of amides is 2. The Kier molecular flexibility index (Phi) is 7.48. The Labute approximate surface area is 210 Å². The first-order chi connectivity index (χ1) is 16.9. The number of alkyl carbamates (subject to hydrolysis) is 1. The van der Waals surface area contributed by atoms with Crippen molar-refractivity contribution in [1.82, 2.24) is 5.32 Å². The molecule has 0 heterocycles. The third kappa shape index (κ3) is 5.36. The van der Waals surface area contributed by atoms with E-state index >= 15 is 0 Å². The molecule has 0 fully saturated rings. The van der Waals surface area contributed by atoms with Crippen molar-refractivity contribution in [1.29, 1.82) is 0 Å². The molecule has 3 aromatic rings. The number of methoxy groups -OCH3 is 1. The number of carboxylic acid groups (broad SMARTS) is 1. The minimum Gasteiger partial charge on any atom is -0.478 e. The zero-order valence-corrected chi connectivity index (χ0v) is 20.4. The quantitative estimate of drug-likeness (QED) is 0.385. The normalized spacial score (nSPS) is 12.9. The highest BCUT2D eigenvalue weighted by molar-refractivity contribution is 9.10. The summed E-state index contributed by atoms with van der Waals surface area (Å²) in [6, 6.07) is 19.2. The van der Waals surface area contributed by atoms with Crippen LogP contribution < -0.4 is 10.6 Å². The number of hydrogen-bond donors (Lipinski definition) is 3. The van der Waals surface area contributed by atoms with Crippen molar-refractivity contribution in [3.8, 4) is 11.1 Å². The molecule has 0 radical (unpaired) electrons. The Hall–Kier alpha value is -3.69. The molecular weight excluding hydrogens is 516 g/mol. The van der Waals surface area contributed by atoms with Crippen molar-refractivity contribution in [2.45, 2.75) is 12.0 Å². The second-order valence-electron chi connectivity index (χ2n) is 7.97. The Balaban J connectivity index is 1.42. The van der Waals surface area contributed by atoms with Crippen LogP contribution >= 0.6 is 15.9 Å². The maximum atomic E-state index is 12.8. The van der Waals surface area contributed by atoms with Crippen LogP contribution in [-0.2, 0) is 14.3 Å². The average molecular weight is 539 g/mol. The first kappa shape index (κ1) is 24.4. The number of carbonyl (C=O) groups is 3. The van der Waals surface area contributed by atoms with Crippen LogP contribution in [0.25, 0.3) is 11.1 Å². The van der Waals surface area contributed by atoms with Crippen LogP contribution in [-0.4, -0.2) is 49.4 Å². The monoisotopic (exact) mass is 538 g/mol. The summed E-state index contributed by atoms with van der Waals surface area (Å²) in [5.41, 5.74) is 4.65. The molecule has 8 nitrogen and oxygen atoms in total. The van der Waals surface area contributed by atoms with Gasteiger partial charge in [-0.1, -0.05) is 48.5 Å². The first-order valence-corrected chi connectivity index (χ1v) is 11.6. The lowest BCUT2D eigenvalue weighted by atomic mass is 9.98. The molecule has 0 bridgehead atoms. The number of fused-ring (bicyclic) bond motifs is 3. The van der Waals surface area contributed by atoms with E-state index < -0.39 is 24.0 Å². The van der Waals surface area contributed by atoms with E-state index in [-0.39, 0.29) is 30.4 Å². The number of aromatic carboxylic acids is 1. The van der Waals surface area contributed by atoms with Crippen molar-refractivity contribution in [2.75, 3.05) is 25.6 Å². The van der Waals surface area contributed by atoms with Gasteiger partial charge in [-0.15, -0.1) is 0 Å². The Bertz CT molecular complexity index is 1230. The number of nitrogens with one attached hydrogen (secondary N) is 2. The second-order valence-corrected chi connectivity index (χ2v) is 8.82. The molecule has 2 amide bonds.